The smallest absolute Gasteiger partial charge is 0.329 e. The molecule has 0 saturated carbocycles. The minimum Gasteiger partial charge on any atom is -0.458 e. The molecule has 0 radical (unpaired) electrons. The summed E-state index contributed by atoms with van der Waals surface area (Å²) < 4.78 is 5.38. The fourth-order valence-corrected chi connectivity index (χ4v) is 1.68. The number of carbonyl (C=O) groups excluding carboxylic acids is 2. The molecule has 1 amide bonds. The lowest BCUT2D eigenvalue weighted by Gasteiger charge is -2.27. The molecule has 0 saturated heterocycles. The second-order valence-corrected chi connectivity index (χ2v) is 6.00. The number of nitrogens with zero attached hydrogens (tertiary/aromatic N) is 2. The number of amides is 1. The Kier molecular flexibility index (Phi) is 5.81. The van der Waals surface area contributed by atoms with Gasteiger partial charge in [0, 0.05) is 0 Å². The summed E-state index contributed by atoms with van der Waals surface area (Å²) in [7, 11) is 0. The number of hydrogen-bond acceptors (Lipinski definition) is 5. The summed E-state index contributed by atoms with van der Waals surface area (Å²) in [6.45, 7) is 9.26. The first kappa shape index (κ1) is 17.1. The van der Waals surface area contributed by atoms with E-state index in [1.807, 2.05) is 13.8 Å². The zero-order chi connectivity index (χ0) is 16.0. The lowest BCUT2D eigenvalue weighted by atomic mass is 9.98. The van der Waals surface area contributed by atoms with E-state index in [1.165, 1.54) is 12.4 Å². The van der Waals surface area contributed by atoms with Crippen LogP contribution in [-0.2, 0) is 9.53 Å². The van der Waals surface area contributed by atoms with Gasteiger partial charge in [0.15, 0.2) is 0 Å². The highest BCUT2D eigenvalue weighted by Gasteiger charge is 2.30. The van der Waals surface area contributed by atoms with Crippen molar-refractivity contribution in [2.24, 2.45) is 5.92 Å². The van der Waals surface area contributed by atoms with Gasteiger partial charge in [-0.3, -0.25) is 4.79 Å². The molecule has 0 spiro atoms. The van der Waals surface area contributed by atoms with E-state index < -0.39 is 17.6 Å². The summed E-state index contributed by atoms with van der Waals surface area (Å²) in [6, 6.07) is 0.861. The maximum absolute atomic E-state index is 12.3. The molecule has 6 nitrogen and oxygen atoms in total. The molecular weight excluding hydrogens is 270 g/mol. The van der Waals surface area contributed by atoms with Crippen LogP contribution in [0.2, 0.25) is 0 Å². The Balaban J connectivity index is 2.84. The third-order valence-electron chi connectivity index (χ3n) is 3.01. The van der Waals surface area contributed by atoms with Gasteiger partial charge in [-0.25, -0.2) is 4.79 Å². The first-order valence-corrected chi connectivity index (χ1v) is 7.05. The van der Waals surface area contributed by atoms with Crippen molar-refractivity contribution in [3.05, 3.63) is 24.0 Å². The molecule has 6 heteroatoms. The molecule has 2 atom stereocenters. The highest BCUT2D eigenvalue weighted by atomic mass is 16.6. The van der Waals surface area contributed by atoms with Gasteiger partial charge in [0.05, 0.1) is 18.0 Å². The predicted octanol–water partition coefficient (Wildman–Crippen LogP) is 1.96. The highest BCUT2D eigenvalue weighted by molar-refractivity contribution is 5.96. The van der Waals surface area contributed by atoms with E-state index in [0.717, 1.165) is 6.42 Å². The Morgan fingerprint density at radius 3 is 2.48 bits per heavy atom. The molecule has 1 heterocycles. The van der Waals surface area contributed by atoms with Crippen molar-refractivity contribution in [3.63, 3.8) is 0 Å². The van der Waals surface area contributed by atoms with Gasteiger partial charge in [0.1, 0.15) is 11.6 Å². The van der Waals surface area contributed by atoms with E-state index in [9.17, 15) is 9.59 Å². The third-order valence-corrected chi connectivity index (χ3v) is 3.01. The van der Waals surface area contributed by atoms with Crippen molar-refractivity contribution in [2.45, 2.75) is 52.7 Å². The van der Waals surface area contributed by atoms with Crippen LogP contribution in [0.5, 0.6) is 0 Å². The Labute approximate surface area is 125 Å². The molecule has 0 aromatic carbocycles. The zero-order valence-corrected chi connectivity index (χ0v) is 13.2. The van der Waals surface area contributed by atoms with Crippen molar-refractivity contribution in [1.82, 2.24) is 15.5 Å². The van der Waals surface area contributed by atoms with Crippen LogP contribution in [0.15, 0.2) is 18.5 Å². The standard InChI is InChI=1S/C15H23N3O3/c1-6-10(2)12(14(20)21-15(3,4)5)18-13(19)11-7-8-16-17-9-11/h7-10,12H,6H2,1-5H3,(H,18,19)/t10-,12-/m0/s1. The number of aromatic nitrogens is 2. The number of hydrogen-bond donors (Lipinski definition) is 1. The lowest BCUT2D eigenvalue weighted by Crippen LogP contribution is -2.47. The number of esters is 1. The van der Waals surface area contributed by atoms with Gasteiger partial charge < -0.3 is 10.1 Å². The molecule has 0 aliphatic rings. The topological polar surface area (TPSA) is 81.2 Å². The van der Waals surface area contributed by atoms with Gasteiger partial charge in [-0.1, -0.05) is 20.3 Å². The molecule has 0 aliphatic heterocycles. The molecule has 21 heavy (non-hydrogen) atoms. The summed E-state index contributed by atoms with van der Waals surface area (Å²) in [5, 5.41) is 10.0. The van der Waals surface area contributed by atoms with E-state index in [-0.39, 0.29) is 11.8 Å². The van der Waals surface area contributed by atoms with Crippen LogP contribution in [0.25, 0.3) is 0 Å². The summed E-state index contributed by atoms with van der Waals surface area (Å²) in [4.78, 5) is 24.4. The number of rotatable bonds is 5. The predicted molar refractivity (Wildman–Crippen MR) is 78.6 cm³/mol. The van der Waals surface area contributed by atoms with Crippen molar-refractivity contribution >= 4 is 11.9 Å². The van der Waals surface area contributed by atoms with Crippen molar-refractivity contribution in [3.8, 4) is 0 Å². The summed E-state index contributed by atoms with van der Waals surface area (Å²) in [5.41, 5.74) is -0.229. The number of ether oxygens (including phenoxy) is 1. The average Bonchev–Trinajstić information content (AvgIpc) is 2.42. The quantitative estimate of drug-likeness (QED) is 0.839. The second kappa shape index (κ2) is 7.15. The van der Waals surface area contributed by atoms with Gasteiger partial charge in [0.25, 0.3) is 5.91 Å². The number of carbonyl (C=O) groups is 2. The first-order chi connectivity index (χ1) is 9.74. The van der Waals surface area contributed by atoms with E-state index in [0.29, 0.717) is 5.56 Å². The maximum atomic E-state index is 12.3. The van der Waals surface area contributed by atoms with Gasteiger partial charge in [-0.05, 0) is 32.8 Å². The maximum Gasteiger partial charge on any atom is 0.329 e. The van der Waals surface area contributed by atoms with Crippen molar-refractivity contribution in [2.75, 3.05) is 0 Å². The largest absolute Gasteiger partial charge is 0.458 e. The Bertz CT molecular complexity index is 483. The zero-order valence-electron chi connectivity index (χ0n) is 13.2. The van der Waals surface area contributed by atoms with E-state index >= 15 is 0 Å². The van der Waals surface area contributed by atoms with Gasteiger partial charge in [-0.15, -0.1) is 0 Å². The Morgan fingerprint density at radius 2 is 2.00 bits per heavy atom. The average molecular weight is 293 g/mol. The third kappa shape index (κ3) is 5.49. The SMILES string of the molecule is CC[C@H](C)[C@H](NC(=O)c1ccnnc1)C(=O)OC(C)(C)C. The molecule has 116 valence electrons. The van der Waals surface area contributed by atoms with Crippen LogP contribution in [0.1, 0.15) is 51.4 Å². The second-order valence-electron chi connectivity index (χ2n) is 6.00. The molecule has 0 bridgehead atoms. The van der Waals surface area contributed by atoms with Gasteiger partial charge in [-0.2, -0.15) is 10.2 Å². The normalized spacial score (nSPS) is 14.1. The van der Waals surface area contributed by atoms with Crippen LogP contribution in [0.3, 0.4) is 0 Å². The Hall–Kier alpha value is -1.98. The summed E-state index contributed by atoms with van der Waals surface area (Å²) >= 11 is 0. The van der Waals surface area contributed by atoms with Gasteiger partial charge in [0.2, 0.25) is 0 Å². The Morgan fingerprint density at radius 1 is 1.33 bits per heavy atom. The molecule has 0 fully saturated rings. The molecule has 0 aliphatic carbocycles. The van der Waals surface area contributed by atoms with Crippen LogP contribution in [-0.4, -0.2) is 33.7 Å². The van der Waals surface area contributed by atoms with Crippen molar-refractivity contribution in [1.29, 1.82) is 0 Å². The monoisotopic (exact) mass is 293 g/mol. The minimum atomic E-state index is -0.685. The van der Waals surface area contributed by atoms with Gasteiger partial charge >= 0.3 is 5.97 Å². The molecule has 1 aromatic heterocycles. The van der Waals surface area contributed by atoms with Crippen molar-refractivity contribution < 1.29 is 14.3 Å². The molecule has 1 N–H and O–H groups in total. The molecular formula is C15H23N3O3. The van der Waals surface area contributed by atoms with Crippen LogP contribution in [0.4, 0.5) is 0 Å². The fourth-order valence-electron chi connectivity index (χ4n) is 1.68. The van der Waals surface area contributed by atoms with E-state index in [1.54, 1.807) is 26.8 Å². The van der Waals surface area contributed by atoms with E-state index in [2.05, 4.69) is 15.5 Å². The van der Waals surface area contributed by atoms with E-state index in [4.69, 9.17) is 4.74 Å². The lowest BCUT2D eigenvalue weighted by molar-refractivity contribution is -0.158. The highest BCUT2D eigenvalue weighted by Crippen LogP contribution is 2.15. The van der Waals surface area contributed by atoms with Crippen LogP contribution >= 0.6 is 0 Å². The molecule has 1 aromatic rings. The molecule has 0 unspecified atom stereocenters. The summed E-state index contributed by atoms with van der Waals surface area (Å²) in [6.07, 6.45) is 3.54. The van der Waals surface area contributed by atoms with Crippen LogP contribution in [0, 0.1) is 5.92 Å². The minimum absolute atomic E-state index is 0.0291. The summed E-state index contributed by atoms with van der Waals surface area (Å²) in [5.74, 6) is -0.813. The molecule has 1 rings (SSSR count). The van der Waals surface area contributed by atoms with Crippen LogP contribution < -0.4 is 5.32 Å². The fraction of sp³-hybridized carbons (Fsp3) is 0.600. The first-order valence-electron chi connectivity index (χ1n) is 7.05. The number of nitrogens with one attached hydrogen (secondary N) is 1.